The standard InChI is InChI=1S/C15H15Cl2N3O/c1-15(2,3)7-13(20-9-18-8-19-20)14(21)11-5-4-10(16)6-12(11)17/h4-9H,1-3H3/b13-7-. The predicted octanol–water partition coefficient (Wildman–Crippen LogP) is 4.35. The Morgan fingerprint density at radius 2 is 2.00 bits per heavy atom. The Morgan fingerprint density at radius 3 is 2.52 bits per heavy atom. The third-order valence-electron chi connectivity index (χ3n) is 2.64. The third kappa shape index (κ3) is 3.93. The summed E-state index contributed by atoms with van der Waals surface area (Å²) >= 11 is 12.0. The molecule has 0 fully saturated rings. The van der Waals surface area contributed by atoms with E-state index in [1.165, 1.54) is 17.3 Å². The molecule has 4 nitrogen and oxygen atoms in total. The number of allylic oxidation sites excluding steroid dienone is 2. The van der Waals surface area contributed by atoms with E-state index in [1.54, 1.807) is 18.2 Å². The second kappa shape index (κ2) is 6.00. The highest BCUT2D eigenvalue weighted by Gasteiger charge is 2.21. The molecule has 1 aromatic heterocycles. The van der Waals surface area contributed by atoms with Crippen molar-refractivity contribution in [2.45, 2.75) is 20.8 Å². The normalized spacial score (nSPS) is 12.5. The minimum Gasteiger partial charge on any atom is -0.287 e. The van der Waals surface area contributed by atoms with E-state index in [4.69, 9.17) is 23.2 Å². The van der Waals surface area contributed by atoms with E-state index < -0.39 is 0 Å². The fraction of sp³-hybridized carbons (Fsp3) is 0.267. The smallest absolute Gasteiger partial charge is 0.212 e. The second-order valence-electron chi connectivity index (χ2n) is 5.69. The van der Waals surface area contributed by atoms with Crippen LogP contribution in [0.15, 0.2) is 36.9 Å². The molecule has 0 spiro atoms. The van der Waals surface area contributed by atoms with Crippen LogP contribution in [0.4, 0.5) is 0 Å². The number of carbonyl (C=O) groups excluding carboxylic acids is 1. The number of aromatic nitrogens is 3. The van der Waals surface area contributed by atoms with Gasteiger partial charge in [0.1, 0.15) is 18.4 Å². The number of Topliss-reactive ketones (excluding diaryl/α,β-unsaturated/α-hetero) is 1. The lowest BCUT2D eigenvalue weighted by atomic mass is 9.93. The monoisotopic (exact) mass is 323 g/mol. The number of halogens is 2. The quantitative estimate of drug-likeness (QED) is 0.623. The zero-order valence-electron chi connectivity index (χ0n) is 12.0. The van der Waals surface area contributed by atoms with Crippen LogP contribution in [0.1, 0.15) is 31.1 Å². The van der Waals surface area contributed by atoms with Gasteiger partial charge in [-0.2, -0.15) is 5.10 Å². The molecule has 0 aliphatic rings. The molecule has 0 saturated carbocycles. The van der Waals surface area contributed by atoms with Crippen molar-refractivity contribution in [2.24, 2.45) is 5.41 Å². The van der Waals surface area contributed by atoms with E-state index >= 15 is 0 Å². The molecule has 110 valence electrons. The zero-order valence-corrected chi connectivity index (χ0v) is 13.5. The molecule has 1 aromatic carbocycles. The minimum atomic E-state index is -0.225. The molecule has 21 heavy (non-hydrogen) atoms. The predicted molar refractivity (Wildman–Crippen MR) is 84.5 cm³/mol. The Bertz CT molecular complexity index is 685. The van der Waals surface area contributed by atoms with Crippen LogP contribution < -0.4 is 0 Å². The highest BCUT2D eigenvalue weighted by atomic mass is 35.5. The molecular formula is C15H15Cl2N3O. The highest BCUT2D eigenvalue weighted by Crippen LogP contribution is 2.27. The lowest BCUT2D eigenvalue weighted by molar-refractivity contribution is 0.104. The molecular weight excluding hydrogens is 309 g/mol. The van der Waals surface area contributed by atoms with Gasteiger partial charge in [-0.05, 0) is 29.7 Å². The Hall–Kier alpha value is -1.65. The van der Waals surface area contributed by atoms with Crippen LogP contribution in [0.25, 0.3) is 5.70 Å². The largest absolute Gasteiger partial charge is 0.287 e. The van der Waals surface area contributed by atoms with Crippen molar-refractivity contribution in [3.63, 3.8) is 0 Å². The van der Waals surface area contributed by atoms with Crippen molar-refractivity contribution >= 4 is 34.7 Å². The van der Waals surface area contributed by atoms with Gasteiger partial charge in [0.2, 0.25) is 5.78 Å². The maximum atomic E-state index is 12.8. The van der Waals surface area contributed by atoms with Crippen LogP contribution in [0.3, 0.4) is 0 Å². The molecule has 0 bridgehead atoms. The number of hydrogen-bond donors (Lipinski definition) is 0. The Kier molecular flexibility index (Phi) is 4.49. The number of carbonyl (C=O) groups is 1. The second-order valence-corrected chi connectivity index (χ2v) is 6.53. The van der Waals surface area contributed by atoms with Gasteiger partial charge < -0.3 is 0 Å². The molecule has 2 rings (SSSR count). The molecule has 2 aromatic rings. The van der Waals surface area contributed by atoms with Crippen molar-refractivity contribution < 1.29 is 4.79 Å². The van der Waals surface area contributed by atoms with Crippen molar-refractivity contribution in [1.82, 2.24) is 14.8 Å². The summed E-state index contributed by atoms with van der Waals surface area (Å²) in [6.45, 7) is 6.00. The summed E-state index contributed by atoms with van der Waals surface area (Å²) in [5.74, 6) is -0.225. The summed E-state index contributed by atoms with van der Waals surface area (Å²) in [7, 11) is 0. The van der Waals surface area contributed by atoms with E-state index in [0.29, 0.717) is 21.3 Å². The van der Waals surface area contributed by atoms with Crippen LogP contribution in [0.5, 0.6) is 0 Å². The van der Waals surface area contributed by atoms with Crippen LogP contribution in [0, 0.1) is 5.41 Å². The molecule has 0 N–H and O–H groups in total. The highest BCUT2D eigenvalue weighted by molar-refractivity contribution is 6.39. The topological polar surface area (TPSA) is 47.8 Å². The molecule has 0 aliphatic heterocycles. The van der Waals surface area contributed by atoms with Crippen LogP contribution in [0.2, 0.25) is 10.0 Å². The fourth-order valence-electron chi connectivity index (χ4n) is 1.79. The van der Waals surface area contributed by atoms with Crippen LogP contribution >= 0.6 is 23.2 Å². The van der Waals surface area contributed by atoms with E-state index in [2.05, 4.69) is 10.1 Å². The van der Waals surface area contributed by atoms with Crippen molar-refractivity contribution in [1.29, 1.82) is 0 Å². The van der Waals surface area contributed by atoms with Crippen molar-refractivity contribution in [2.75, 3.05) is 0 Å². The SMILES string of the molecule is CC(C)(C)/C=C(/C(=O)c1ccc(Cl)cc1Cl)n1cncn1. The van der Waals surface area contributed by atoms with Gasteiger partial charge in [-0.25, -0.2) is 9.67 Å². The van der Waals surface area contributed by atoms with Crippen LogP contribution in [-0.2, 0) is 0 Å². The molecule has 6 heteroatoms. The molecule has 1 heterocycles. The van der Waals surface area contributed by atoms with Gasteiger partial charge in [0.25, 0.3) is 0 Å². The maximum Gasteiger partial charge on any atom is 0.212 e. The van der Waals surface area contributed by atoms with Gasteiger partial charge in [0.15, 0.2) is 0 Å². The first-order valence-electron chi connectivity index (χ1n) is 6.35. The number of hydrogen-bond acceptors (Lipinski definition) is 3. The zero-order chi connectivity index (χ0) is 15.6. The van der Waals surface area contributed by atoms with Crippen LogP contribution in [-0.4, -0.2) is 20.5 Å². The number of ketones is 1. The average Bonchev–Trinajstić information content (AvgIpc) is 2.87. The summed E-state index contributed by atoms with van der Waals surface area (Å²) in [4.78, 5) is 16.7. The first kappa shape index (κ1) is 15.7. The van der Waals surface area contributed by atoms with E-state index in [1.807, 2.05) is 26.8 Å². The van der Waals surface area contributed by atoms with Gasteiger partial charge >= 0.3 is 0 Å². The molecule has 0 unspecified atom stereocenters. The van der Waals surface area contributed by atoms with Gasteiger partial charge in [0, 0.05) is 10.6 Å². The first-order valence-corrected chi connectivity index (χ1v) is 7.11. The molecule has 0 radical (unpaired) electrons. The third-order valence-corrected chi connectivity index (χ3v) is 3.19. The Morgan fingerprint density at radius 1 is 1.29 bits per heavy atom. The molecule has 0 aliphatic carbocycles. The van der Waals surface area contributed by atoms with Gasteiger partial charge in [-0.3, -0.25) is 4.79 Å². The minimum absolute atomic E-state index is 0.199. The van der Waals surface area contributed by atoms with E-state index in [-0.39, 0.29) is 11.2 Å². The summed E-state index contributed by atoms with van der Waals surface area (Å²) in [6, 6.07) is 4.80. The lowest BCUT2D eigenvalue weighted by Gasteiger charge is -2.16. The van der Waals surface area contributed by atoms with Gasteiger partial charge in [-0.15, -0.1) is 0 Å². The lowest BCUT2D eigenvalue weighted by Crippen LogP contribution is -2.14. The fourth-order valence-corrected chi connectivity index (χ4v) is 2.28. The molecule has 0 amide bonds. The van der Waals surface area contributed by atoms with Crippen molar-refractivity contribution in [3.05, 3.63) is 52.5 Å². The summed E-state index contributed by atoms with van der Waals surface area (Å²) in [5.41, 5.74) is 0.590. The van der Waals surface area contributed by atoms with E-state index in [0.717, 1.165) is 0 Å². The molecule has 0 atom stereocenters. The number of nitrogens with zero attached hydrogens (tertiary/aromatic N) is 3. The Labute approximate surface area is 133 Å². The average molecular weight is 324 g/mol. The van der Waals surface area contributed by atoms with Gasteiger partial charge in [0.05, 0.1) is 5.02 Å². The number of benzene rings is 1. The summed E-state index contributed by atoms with van der Waals surface area (Å²) in [5, 5.41) is 4.84. The maximum absolute atomic E-state index is 12.8. The van der Waals surface area contributed by atoms with E-state index in [9.17, 15) is 4.79 Å². The Balaban J connectivity index is 2.52. The summed E-state index contributed by atoms with van der Waals surface area (Å²) in [6.07, 6.45) is 4.71. The van der Waals surface area contributed by atoms with Crippen molar-refractivity contribution in [3.8, 4) is 0 Å². The number of rotatable bonds is 3. The summed E-state index contributed by atoms with van der Waals surface area (Å²) < 4.78 is 1.44. The first-order chi connectivity index (χ1) is 9.78. The molecule has 0 saturated heterocycles. The van der Waals surface area contributed by atoms with Gasteiger partial charge in [-0.1, -0.05) is 44.0 Å².